The Kier molecular flexibility index (Phi) is 5.71. The Morgan fingerprint density at radius 2 is 1.70 bits per heavy atom. The number of ether oxygens (including phenoxy) is 1. The van der Waals surface area contributed by atoms with Gasteiger partial charge in [0.1, 0.15) is 6.54 Å². The van der Waals surface area contributed by atoms with Crippen molar-refractivity contribution in [3.05, 3.63) is 29.3 Å². The quantitative estimate of drug-likeness (QED) is 0.752. The van der Waals surface area contributed by atoms with Gasteiger partial charge in [-0.05, 0) is 44.0 Å². The number of aryl methyl sites for hydroxylation is 2. The van der Waals surface area contributed by atoms with Crippen LogP contribution in [0.3, 0.4) is 0 Å². The van der Waals surface area contributed by atoms with Gasteiger partial charge in [0, 0.05) is 6.54 Å². The number of likely N-dealkylation sites (N-methyl/N-ethyl adjacent to an activating group) is 1. The Hall–Kier alpha value is -1.40. The molecule has 0 spiro atoms. The Morgan fingerprint density at radius 1 is 1.15 bits per heavy atom. The maximum atomic E-state index is 12.5. The van der Waals surface area contributed by atoms with Gasteiger partial charge in [-0.25, -0.2) is 8.42 Å². The number of esters is 1. The third kappa shape index (κ3) is 4.05. The van der Waals surface area contributed by atoms with E-state index in [1.165, 1.54) is 0 Å². The topological polar surface area (TPSA) is 63.7 Å². The van der Waals surface area contributed by atoms with Crippen LogP contribution in [0.25, 0.3) is 0 Å². The van der Waals surface area contributed by atoms with Crippen LogP contribution in [-0.4, -0.2) is 38.4 Å². The van der Waals surface area contributed by atoms with Crippen molar-refractivity contribution < 1.29 is 17.9 Å². The fraction of sp³-hybridized carbons (Fsp3) is 0.500. The van der Waals surface area contributed by atoms with Crippen LogP contribution in [0.2, 0.25) is 0 Å². The van der Waals surface area contributed by atoms with Gasteiger partial charge in [-0.2, -0.15) is 4.31 Å². The molecule has 0 aliphatic carbocycles. The van der Waals surface area contributed by atoms with Crippen molar-refractivity contribution in [2.24, 2.45) is 0 Å². The van der Waals surface area contributed by atoms with Gasteiger partial charge in [-0.15, -0.1) is 0 Å². The Labute approximate surface area is 120 Å². The van der Waals surface area contributed by atoms with E-state index < -0.39 is 16.0 Å². The molecule has 112 valence electrons. The molecule has 0 bridgehead atoms. The lowest BCUT2D eigenvalue weighted by Crippen LogP contribution is -2.36. The highest BCUT2D eigenvalue weighted by Crippen LogP contribution is 2.19. The maximum absolute atomic E-state index is 12.5. The lowest BCUT2D eigenvalue weighted by atomic mass is 10.2. The second-order valence-corrected chi connectivity index (χ2v) is 6.50. The average molecular weight is 299 g/mol. The average Bonchev–Trinajstić information content (AvgIpc) is 2.34. The molecule has 0 saturated carbocycles. The molecule has 0 unspecified atom stereocenters. The van der Waals surface area contributed by atoms with E-state index in [2.05, 4.69) is 0 Å². The lowest BCUT2D eigenvalue weighted by molar-refractivity contribution is -0.143. The fourth-order valence-electron chi connectivity index (χ4n) is 1.95. The molecule has 0 aliphatic rings. The molecular formula is C14H21NO4S. The van der Waals surface area contributed by atoms with Crippen LogP contribution in [0.15, 0.2) is 23.1 Å². The number of rotatable bonds is 6. The normalized spacial score (nSPS) is 11.7. The highest BCUT2D eigenvalue weighted by Gasteiger charge is 2.26. The first-order valence-corrected chi connectivity index (χ1v) is 7.99. The molecule has 6 heteroatoms. The van der Waals surface area contributed by atoms with Gasteiger partial charge < -0.3 is 4.74 Å². The number of carbonyl (C=O) groups excluding carboxylic acids is 1. The number of nitrogens with zero attached hydrogens (tertiary/aromatic N) is 1. The minimum atomic E-state index is -3.68. The summed E-state index contributed by atoms with van der Waals surface area (Å²) in [4.78, 5) is 11.7. The molecule has 1 rings (SSSR count). The van der Waals surface area contributed by atoms with Crippen LogP contribution in [0.4, 0.5) is 0 Å². The van der Waals surface area contributed by atoms with Crippen LogP contribution in [0, 0.1) is 13.8 Å². The molecule has 1 aromatic rings. The third-order valence-electron chi connectivity index (χ3n) is 2.80. The van der Waals surface area contributed by atoms with E-state index in [-0.39, 0.29) is 24.6 Å². The number of hydrogen-bond acceptors (Lipinski definition) is 4. The van der Waals surface area contributed by atoms with E-state index in [0.717, 1.165) is 15.4 Å². The Balaban J connectivity index is 3.08. The van der Waals surface area contributed by atoms with E-state index in [9.17, 15) is 13.2 Å². The van der Waals surface area contributed by atoms with Crippen LogP contribution in [0.5, 0.6) is 0 Å². The van der Waals surface area contributed by atoms with Gasteiger partial charge in [0.25, 0.3) is 0 Å². The van der Waals surface area contributed by atoms with Crippen molar-refractivity contribution in [2.75, 3.05) is 19.7 Å². The van der Waals surface area contributed by atoms with E-state index in [1.54, 1.807) is 26.0 Å². The summed E-state index contributed by atoms with van der Waals surface area (Å²) >= 11 is 0. The monoisotopic (exact) mass is 299 g/mol. The molecule has 20 heavy (non-hydrogen) atoms. The highest BCUT2D eigenvalue weighted by atomic mass is 32.2. The summed E-state index contributed by atoms with van der Waals surface area (Å²) in [6.07, 6.45) is 0. The molecule has 0 heterocycles. The van der Waals surface area contributed by atoms with Gasteiger partial charge in [-0.1, -0.05) is 13.0 Å². The predicted molar refractivity (Wildman–Crippen MR) is 77.0 cm³/mol. The van der Waals surface area contributed by atoms with Crippen molar-refractivity contribution in [1.29, 1.82) is 0 Å². The number of sulfonamides is 1. The largest absolute Gasteiger partial charge is 0.465 e. The molecule has 1 aromatic carbocycles. The zero-order chi connectivity index (χ0) is 15.3. The summed E-state index contributed by atoms with van der Waals surface area (Å²) in [5, 5.41) is 0. The zero-order valence-corrected chi connectivity index (χ0v) is 13.2. The molecule has 0 N–H and O–H groups in total. The van der Waals surface area contributed by atoms with E-state index in [4.69, 9.17) is 4.74 Å². The molecule has 5 nitrogen and oxygen atoms in total. The van der Waals surface area contributed by atoms with Crippen molar-refractivity contribution in [3.63, 3.8) is 0 Å². The molecule has 0 saturated heterocycles. The SMILES string of the molecule is CCOC(=O)CN(CC)S(=O)(=O)c1cc(C)cc(C)c1. The highest BCUT2D eigenvalue weighted by molar-refractivity contribution is 7.89. The van der Waals surface area contributed by atoms with Crippen LogP contribution in [0.1, 0.15) is 25.0 Å². The summed E-state index contributed by atoms with van der Waals surface area (Å²) in [5.41, 5.74) is 1.74. The van der Waals surface area contributed by atoms with E-state index in [1.807, 2.05) is 19.9 Å². The van der Waals surface area contributed by atoms with Gasteiger partial charge >= 0.3 is 5.97 Å². The molecule has 0 aromatic heterocycles. The first kappa shape index (κ1) is 16.7. The number of benzene rings is 1. The summed E-state index contributed by atoms with van der Waals surface area (Å²) in [7, 11) is -3.68. The predicted octanol–water partition coefficient (Wildman–Crippen LogP) is 1.88. The summed E-state index contributed by atoms with van der Waals surface area (Å²) in [5.74, 6) is -0.540. The standard InChI is InChI=1S/C14H21NO4S/c1-5-15(10-14(16)19-6-2)20(17,18)13-8-11(3)7-12(4)9-13/h7-9H,5-6,10H2,1-4H3. The van der Waals surface area contributed by atoms with Crippen LogP contribution < -0.4 is 0 Å². The minimum absolute atomic E-state index is 0.209. The maximum Gasteiger partial charge on any atom is 0.321 e. The molecule has 0 radical (unpaired) electrons. The number of carbonyl (C=O) groups is 1. The molecule has 0 aliphatic heterocycles. The summed E-state index contributed by atoms with van der Waals surface area (Å²) < 4.78 is 31.0. The Bertz CT molecular complexity index is 561. The second kappa shape index (κ2) is 6.85. The third-order valence-corrected chi connectivity index (χ3v) is 4.70. The van der Waals surface area contributed by atoms with Gasteiger partial charge in [0.05, 0.1) is 11.5 Å². The van der Waals surface area contributed by atoms with Gasteiger partial charge in [0.15, 0.2) is 0 Å². The van der Waals surface area contributed by atoms with Gasteiger partial charge in [0.2, 0.25) is 10.0 Å². The Morgan fingerprint density at radius 3 is 2.15 bits per heavy atom. The van der Waals surface area contributed by atoms with Crippen molar-refractivity contribution in [2.45, 2.75) is 32.6 Å². The van der Waals surface area contributed by atoms with Crippen LogP contribution in [-0.2, 0) is 19.6 Å². The van der Waals surface area contributed by atoms with Crippen LogP contribution >= 0.6 is 0 Å². The van der Waals surface area contributed by atoms with Crippen molar-refractivity contribution in [3.8, 4) is 0 Å². The van der Waals surface area contributed by atoms with E-state index in [0.29, 0.717) is 0 Å². The second-order valence-electron chi connectivity index (χ2n) is 4.56. The van der Waals surface area contributed by atoms with Crippen molar-refractivity contribution in [1.82, 2.24) is 4.31 Å². The molecule has 0 fully saturated rings. The number of hydrogen-bond donors (Lipinski definition) is 0. The molecule has 0 atom stereocenters. The molecular weight excluding hydrogens is 278 g/mol. The molecule has 0 amide bonds. The van der Waals surface area contributed by atoms with Gasteiger partial charge in [-0.3, -0.25) is 4.79 Å². The smallest absolute Gasteiger partial charge is 0.321 e. The first-order valence-electron chi connectivity index (χ1n) is 6.55. The van der Waals surface area contributed by atoms with Crippen molar-refractivity contribution >= 4 is 16.0 Å². The zero-order valence-electron chi connectivity index (χ0n) is 12.3. The first-order chi connectivity index (χ1) is 9.31. The minimum Gasteiger partial charge on any atom is -0.465 e. The summed E-state index contributed by atoms with van der Waals surface area (Å²) in [6, 6.07) is 5.12. The lowest BCUT2D eigenvalue weighted by Gasteiger charge is -2.20. The summed E-state index contributed by atoms with van der Waals surface area (Å²) in [6.45, 7) is 7.25. The fourth-order valence-corrected chi connectivity index (χ4v) is 3.53. The van der Waals surface area contributed by atoms with E-state index >= 15 is 0 Å².